The van der Waals surface area contributed by atoms with Crippen LogP contribution in [0.1, 0.15) is 44.7 Å². The first kappa shape index (κ1) is 14.7. The molecule has 3 N–H and O–H groups in total. The monoisotopic (exact) mass is 280 g/mol. The van der Waals surface area contributed by atoms with Crippen molar-refractivity contribution in [2.45, 2.75) is 50.5 Å². The Kier molecular flexibility index (Phi) is 5.55. The van der Waals surface area contributed by atoms with Crippen molar-refractivity contribution in [3.8, 4) is 5.75 Å². The summed E-state index contributed by atoms with van der Waals surface area (Å²) in [6.45, 7) is 4.08. The second kappa shape index (κ2) is 7.17. The normalized spacial score (nSPS) is 21.4. The van der Waals surface area contributed by atoms with Crippen molar-refractivity contribution < 1.29 is 4.74 Å². The molecule has 3 nitrogen and oxygen atoms in total. The van der Waals surface area contributed by atoms with Crippen molar-refractivity contribution in [3.05, 3.63) is 29.8 Å². The Bertz CT molecular complexity index is 374. The topological polar surface area (TPSA) is 47.3 Å². The van der Waals surface area contributed by atoms with Crippen LogP contribution in [0.2, 0.25) is 0 Å². The molecule has 0 spiro atoms. The summed E-state index contributed by atoms with van der Waals surface area (Å²) in [6.07, 6.45) is 4.09. The van der Waals surface area contributed by atoms with E-state index in [1.807, 2.05) is 37.7 Å². The summed E-state index contributed by atoms with van der Waals surface area (Å²) in [5.74, 6) is 7.93. The van der Waals surface area contributed by atoms with E-state index in [1.165, 1.54) is 30.6 Å². The van der Waals surface area contributed by atoms with Crippen LogP contribution in [0.25, 0.3) is 0 Å². The average Bonchev–Trinajstić information content (AvgIpc) is 2.42. The highest BCUT2D eigenvalue weighted by atomic mass is 32.2. The van der Waals surface area contributed by atoms with Crippen LogP contribution in [0, 0.1) is 0 Å². The predicted octanol–water partition coefficient (Wildman–Crippen LogP) is 3.26. The van der Waals surface area contributed by atoms with Gasteiger partial charge >= 0.3 is 0 Å². The number of nitrogens with one attached hydrogen (secondary N) is 1. The second-order valence-electron chi connectivity index (χ2n) is 5.29. The summed E-state index contributed by atoms with van der Waals surface area (Å²) < 4.78 is 5.67. The summed E-state index contributed by atoms with van der Waals surface area (Å²) in [6, 6.07) is 8.55. The number of rotatable bonds is 5. The molecule has 2 unspecified atom stereocenters. The molecule has 2 atom stereocenters. The van der Waals surface area contributed by atoms with Gasteiger partial charge in [0.25, 0.3) is 0 Å². The summed E-state index contributed by atoms with van der Waals surface area (Å²) in [5, 5.41) is 0.579. The summed E-state index contributed by atoms with van der Waals surface area (Å²) in [5.41, 5.74) is 4.23. The van der Waals surface area contributed by atoms with E-state index in [0.717, 1.165) is 5.75 Å². The minimum Gasteiger partial charge on any atom is -0.491 e. The molecule has 0 bridgehead atoms. The van der Waals surface area contributed by atoms with E-state index in [2.05, 4.69) is 17.6 Å². The largest absolute Gasteiger partial charge is 0.491 e. The lowest BCUT2D eigenvalue weighted by Gasteiger charge is -2.29. The van der Waals surface area contributed by atoms with Crippen LogP contribution in [0.3, 0.4) is 0 Å². The molecular weight excluding hydrogens is 256 g/mol. The first-order chi connectivity index (χ1) is 9.20. The molecule has 1 aromatic rings. The van der Waals surface area contributed by atoms with Gasteiger partial charge in [0.2, 0.25) is 0 Å². The Balaban J connectivity index is 2.05. The van der Waals surface area contributed by atoms with Crippen LogP contribution in [0.15, 0.2) is 24.3 Å². The van der Waals surface area contributed by atoms with Gasteiger partial charge in [0.1, 0.15) is 5.75 Å². The molecule has 1 heterocycles. The van der Waals surface area contributed by atoms with Crippen molar-refractivity contribution >= 4 is 11.8 Å². The lowest BCUT2D eigenvalue weighted by Crippen LogP contribution is -2.36. The SMILES string of the molecule is CC(C)Oc1ccc(C(NN)C2CCCCS2)cc1. The van der Waals surface area contributed by atoms with Crippen LogP contribution in [0.5, 0.6) is 5.75 Å². The molecule has 106 valence electrons. The van der Waals surface area contributed by atoms with Crippen molar-refractivity contribution in [2.75, 3.05) is 5.75 Å². The smallest absolute Gasteiger partial charge is 0.119 e. The molecule has 0 radical (unpaired) electrons. The van der Waals surface area contributed by atoms with E-state index < -0.39 is 0 Å². The highest BCUT2D eigenvalue weighted by Crippen LogP contribution is 2.34. The highest BCUT2D eigenvalue weighted by molar-refractivity contribution is 8.00. The molecule has 2 rings (SSSR count). The maximum Gasteiger partial charge on any atom is 0.119 e. The van der Waals surface area contributed by atoms with Crippen LogP contribution < -0.4 is 16.0 Å². The van der Waals surface area contributed by atoms with Crippen molar-refractivity contribution in [1.82, 2.24) is 5.43 Å². The van der Waals surface area contributed by atoms with Crippen LogP contribution in [0.4, 0.5) is 0 Å². The molecule has 1 aromatic carbocycles. The Morgan fingerprint density at radius 3 is 2.53 bits per heavy atom. The zero-order valence-corrected chi connectivity index (χ0v) is 12.6. The zero-order valence-electron chi connectivity index (χ0n) is 11.8. The first-order valence-corrected chi connectivity index (χ1v) is 8.10. The zero-order chi connectivity index (χ0) is 13.7. The molecule has 0 aliphatic carbocycles. The molecular formula is C15H24N2OS. The van der Waals surface area contributed by atoms with Crippen LogP contribution in [-0.4, -0.2) is 17.1 Å². The molecule has 1 fully saturated rings. The van der Waals surface area contributed by atoms with Gasteiger partial charge in [-0.2, -0.15) is 11.8 Å². The number of ether oxygens (including phenoxy) is 1. The van der Waals surface area contributed by atoms with Gasteiger partial charge in [0.05, 0.1) is 12.1 Å². The molecule has 1 aliphatic rings. The predicted molar refractivity (Wildman–Crippen MR) is 82.4 cm³/mol. The molecule has 1 aliphatic heterocycles. The lowest BCUT2D eigenvalue weighted by molar-refractivity contribution is 0.242. The van der Waals surface area contributed by atoms with Crippen LogP contribution in [-0.2, 0) is 0 Å². The minimum absolute atomic E-state index is 0.211. The second-order valence-corrected chi connectivity index (χ2v) is 6.63. The molecule has 0 saturated carbocycles. The number of hydrazine groups is 1. The molecule has 0 amide bonds. The number of hydrogen-bond acceptors (Lipinski definition) is 4. The van der Waals surface area contributed by atoms with Gasteiger partial charge in [-0.15, -0.1) is 0 Å². The number of hydrogen-bond donors (Lipinski definition) is 2. The van der Waals surface area contributed by atoms with E-state index in [1.54, 1.807) is 0 Å². The third-order valence-corrected chi connectivity index (χ3v) is 4.84. The molecule has 1 saturated heterocycles. The summed E-state index contributed by atoms with van der Waals surface area (Å²) in [7, 11) is 0. The van der Waals surface area contributed by atoms with Gasteiger partial charge in [-0.25, -0.2) is 0 Å². The van der Waals surface area contributed by atoms with E-state index >= 15 is 0 Å². The Morgan fingerprint density at radius 1 is 1.26 bits per heavy atom. The fraction of sp³-hybridized carbons (Fsp3) is 0.600. The third kappa shape index (κ3) is 4.13. The quantitative estimate of drug-likeness (QED) is 0.642. The van der Waals surface area contributed by atoms with E-state index in [4.69, 9.17) is 10.6 Å². The van der Waals surface area contributed by atoms with Crippen molar-refractivity contribution in [3.63, 3.8) is 0 Å². The Hall–Kier alpha value is -0.710. The maximum absolute atomic E-state index is 5.76. The number of thioether (sulfide) groups is 1. The lowest BCUT2D eigenvalue weighted by atomic mass is 10.00. The highest BCUT2D eigenvalue weighted by Gasteiger charge is 2.24. The maximum atomic E-state index is 5.76. The van der Waals surface area contributed by atoms with Gasteiger partial charge in [-0.1, -0.05) is 18.6 Å². The van der Waals surface area contributed by atoms with Crippen molar-refractivity contribution in [1.29, 1.82) is 0 Å². The standard InChI is InChI=1S/C15H24N2OS/c1-11(2)18-13-8-6-12(7-9-13)15(17-16)14-5-3-4-10-19-14/h6-9,11,14-15,17H,3-5,10,16H2,1-2H3. The van der Waals surface area contributed by atoms with Gasteiger partial charge in [-0.3, -0.25) is 11.3 Å². The molecule has 19 heavy (non-hydrogen) atoms. The number of nitrogens with two attached hydrogens (primary N) is 1. The van der Waals surface area contributed by atoms with E-state index in [-0.39, 0.29) is 12.1 Å². The van der Waals surface area contributed by atoms with Crippen molar-refractivity contribution in [2.24, 2.45) is 5.84 Å². The third-order valence-electron chi connectivity index (χ3n) is 3.38. The van der Waals surface area contributed by atoms with Gasteiger partial charge in [0, 0.05) is 5.25 Å². The van der Waals surface area contributed by atoms with Crippen LogP contribution >= 0.6 is 11.8 Å². The minimum atomic E-state index is 0.211. The van der Waals surface area contributed by atoms with Gasteiger partial charge in [-0.05, 0) is 50.1 Å². The Labute approximate surface area is 120 Å². The molecule has 0 aromatic heterocycles. The molecule has 4 heteroatoms. The fourth-order valence-electron chi connectivity index (χ4n) is 2.47. The first-order valence-electron chi connectivity index (χ1n) is 7.05. The van der Waals surface area contributed by atoms with Gasteiger partial charge in [0.15, 0.2) is 0 Å². The van der Waals surface area contributed by atoms with Gasteiger partial charge < -0.3 is 4.74 Å². The van der Waals surface area contributed by atoms with E-state index in [9.17, 15) is 0 Å². The summed E-state index contributed by atoms with van der Waals surface area (Å²) >= 11 is 2.03. The summed E-state index contributed by atoms with van der Waals surface area (Å²) in [4.78, 5) is 0. The van der Waals surface area contributed by atoms with E-state index in [0.29, 0.717) is 5.25 Å². The number of benzene rings is 1. The fourth-order valence-corrected chi connectivity index (χ4v) is 3.91. The average molecular weight is 280 g/mol. The Morgan fingerprint density at radius 2 is 2.00 bits per heavy atom.